The highest BCUT2D eigenvalue weighted by atomic mass is 19.1. The highest BCUT2D eigenvalue weighted by Crippen LogP contribution is 2.26. The second-order valence-electron chi connectivity index (χ2n) is 4.35. The number of hydrogen-bond donors (Lipinski definition) is 2. The second kappa shape index (κ2) is 5.82. The number of ether oxygens (including phenoxy) is 1. The van der Waals surface area contributed by atoms with E-state index in [1.165, 1.54) is 18.2 Å². The van der Waals surface area contributed by atoms with Crippen LogP contribution in [0.1, 0.15) is 13.3 Å². The van der Waals surface area contributed by atoms with Crippen molar-refractivity contribution in [2.75, 3.05) is 25.0 Å². The Kier molecular flexibility index (Phi) is 4.15. The topological polar surface area (TPSA) is 50.4 Å². The van der Waals surface area contributed by atoms with E-state index in [4.69, 9.17) is 4.74 Å². The summed E-state index contributed by atoms with van der Waals surface area (Å²) >= 11 is 0. The molecule has 0 bridgehead atoms. The molecule has 0 unspecified atom stereocenters. The third-order valence-corrected chi connectivity index (χ3v) is 2.86. The molecular formula is C13H17FN2O2. The molecule has 0 saturated carbocycles. The van der Waals surface area contributed by atoms with Gasteiger partial charge in [-0.2, -0.15) is 0 Å². The maximum atomic E-state index is 13.1. The molecule has 98 valence electrons. The van der Waals surface area contributed by atoms with E-state index in [0.717, 1.165) is 13.1 Å². The fourth-order valence-corrected chi connectivity index (χ4v) is 1.83. The summed E-state index contributed by atoms with van der Waals surface area (Å²) in [7, 11) is 0. The molecule has 2 N–H and O–H groups in total. The van der Waals surface area contributed by atoms with Crippen LogP contribution in [0.2, 0.25) is 0 Å². The van der Waals surface area contributed by atoms with Crippen molar-refractivity contribution >= 4 is 11.6 Å². The summed E-state index contributed by atoms with van der Waals surface area (Å²) in [6.07, 6.45) is 0.482. The molecule has 0 atom stereocenters. The second-order valence-corrected chi connectivity index (χ2v) is 4.35. The van der Waals surface area contributed by atoms with Gasteiger partial charge in [-0.1, -0.05) is 0 Å². The largest absolute Gasteiger partial charge is 0.492 e. The number of carbonyl (C=O) groups is 1. The maximum absolute atomic E-state index is 13.1. The number of amides is 1. The van der Waals surface area contributed by atoms with E-state index in [1.807, 2.05) is 6.92 Å². The molecule has 5 heteroatoms. The van der Waals surface area contributed by atoms with Crippen molar-refractivity contribution in [1.82, 2.24) is 5.32 Å². The van der Waals surface area contributed by atoms with Crippen LogP contribution >= 0.6 is 0 Å². The lowest BCUT2D eigenvalue weighted by Crippen LogP contribution is -2.43. The Bertz CT molecular complexity index is 433. The van der Waals surface area contributed by atoms with Crippen molar-refractivity contribution in [2.24, 2.45) is 5.92 Å². The van der Waals surface area contributed by atoms with Gasteiger partial charge in [-0.3, -0.25) is 4.79 Å². The molecule has 0 radical (unpaired) electrons. The zero-order valence-corrected chi connectivity index (χ0v) is 10.3. The monoisotopic (exact) mass is 252 g/mol. The Balaban J connectivity index is 2.00. The summed E-state index contributed by atoms with van der Waals surface area (Å²) in [5, 5.41) is 5.88. The lowest BCUT2D eigenvalue weighted by atomic mass is 9.99. The fourth-order valence-electron chi connectivity index (χ4n) is 1.83. The van der Waals surface area contributed by atoms with E-state index < -0.39 is 0 Å². The molecule has 4 nitrogen and oxygen atoms in total. The first kappa shape index (κ1) is 12.8. The molecule has 0 spiro atoms. The van der Waals surface area contributed by atoms with E-state index >= 15 is 0 Å². The molecule has 2 rings (SSSR count). The third kappa shape index (κ3) is 3.20. The van der Waals surface area contributed by atoms with Crippen LogP contribution < -0.4 is 15.4 Å². The van der Waals surface area contributed by atoms with E-state index in [9.17, 15) is 9.18 Å². The van der Waals surface area contributed by atoms with Crippen LogP contribution in [0.15, 0.2) is 18.2 Å². The summed E-state index contributed by atoms with van der Waals surface area (Å²) in [6.45, 7) is 4.01. The van der Waals surface area contributed by atoms with Crippen LogP contribution in [0.3, 0.4) is 0 Å². The average Bonchev–Trinajstić information content (AvgIpc) is 2.28. The van der Waals surface area contributed by atoms with E-state index in [1.54, 1.807) is 0 Å². The fraction of sp³-hybridized carbons (Fsp3) is 0.462. The van der Waals surface area contributed by atoms with Gasteiger partial charge in [-0.05, 0) is 38.1 Å². The highest BCUT2D eigenvalue weighted by Gasteiger charge is 2.20. The van der Waals surface area contributed by atoms with Gasteiger partial charge < -0.3 is 15.4 Å². The Labute approximate surface area is 106 Å². The smallest absolute Gasteiger partial charge is 0.224 e. The highest BCUT2D eigenvalue weighted by molar-refractivity contribution is 5.92. The molecule has 1 saturated heterocycles. The summed E-state index contributed by atoms with van der Waals surface area (Å²) in [5.41, 5.74) is 0.524. The number of carbonyl (C=O) groups excluding carboxylic acids is 1. The predicted octanol–water partition coefficient (Wildman–Crippen LogP) is 1.77. The minimum atomic E-state index is -0.375. The van der Waals surface area contributed by atoms with Crippen molar-refractivity contribution in [3.63, 3.8) is 0 Å². The number of hydrogen-bond acceptors (Lipinski definition) is 3. The number of rotatable bonds is 5. The molecule has 1 fully saturated rings. The minimum Gasteiger partial charge on any atom is -0.492 e. The SMILES string of the molecule is CCOc1cc(F)ccc1NC(=O)CC1CNC1. The quantitative estimate of drug-likeness (QED) is 0.839. The van der Waals surface area contributed by atoms with Gasteiger partial charge in [0.05, 0.1) is 12.3 Å². The number of anilines is 1. The molecule has 18 heavy (non-hydrogen) atoms. The zero-order valence-electron chi connectivity index (χ0n) is 10.3. The molecule has 1 aromatic carbocycles. The van der Waals surface area contributed by atoms with Crippen molar-refractivity contribution < 1.29 is 13.9 Å². The maximum Gasteiger partial charge on any atom is 0.224 e. The predicted molar refractivity (Wildman–Crippen MR) is 67.2 cm³/mol. The molecule has 1 aliphatic heterocycles. The third-order valence-electron chi connectivity index (χ3n) is 2.86. The summed E-state index contributed by atoms with van der Waals surface area (Å²) in [6, 6.07) is 4.12. The van der Waals surface area contributed by atoms with Gasteiger partial charge in [0.2, 0.25) is 5.91 Å². The molecule has 1 aromatic rings. The molecule has 1 heterocycles. The van der Waals surface area contributed by atoms with Gasteiger partial charge in [0.15, 0.2) is 0 Å². The first-order chi connectivity index (χ1) is 8.69. The molecule has 0 aliphatic carbocycles. The van der Waals surface area contributed by atoms with E-state index in [-0.39, 0.29) is 11.7 Å². The van der Waals surface area contributed by atoms with Gasteiger partial charge >= 0.3 is 0 Å². The van der Waals surface area contributed by atoms with Crippen molar-refractivity contribution in [1.29, 1.82) is 0 Å². The van der Waals surface area contributed by atoms with E-state index in [0.29, 0.717) is 30.4 Å². The number of benzene rings is 1. The number of nitrogens with one attached hydrogen (secondary N) is 2. The van der Waals surface area contributed by atoms with Gasteiger partial charge in [-0.25, -0.2) is 4.39 Å². The first-order valence-electron chi connectivity index (χ1n) is 6.12. The van der Waals surface area contributed by atoms with Crippen LogP contribution in [0.5, 0.6) is 5.75 Å². The molecule has 1 aliphatic rings. The summed E-state index contributed by atoms with van der Waals surface area (Å²) < 4.78 is 18.4. The van der Waals surface area contributed by atoms with Crippen molar-refractivity contribution in [2.45, 2.75) is 13.3 Å². The van der Waals surface area contributed by atoms with Gasteiger partial charge in [-0.15, -0.1) is 0 Å². The van der Waals surface area contributed by atoms with Crippen molar-refractivity contribution in [3.8, 4) is 5.75 Å². The average molecular weight is 252 g/mol. The Morgan fingerprint density at radius 3 is 2.94 bits per heavy atom. The van der Waals surface area contributed by atoms with Crippen LogP contribution in [0, 0.1) is 11.7 Å². The van der Waals surface area contributed by atoms with Crippen molar-refractivity contribution in [3.05, 3.63) is 24.0 Å². The van der Waals surface area contributed by atoms with E-state index in [2.05, 4.69) is 10.6 Å². The molecular weight excluding hydrogens is 235 g/mol. The normalized spacial score (nSPS) is 15.0. The lowest BCUT2D eigenvalue weighted by Gasteiger charge is -2.26. The standard InChI is InChI=1S/C13H17FN2O2/c1-2-18-12-6-10(14)3-4-11(12)16-13(17)5-9-7-15-8-9/h3-4,6,9,15H,2,5,7-8H2,1H3,(H,16,17). The van der Waals surface area contributed by atoms with Crippen LogP contribution in [-0.2, 0) is 4.79 Å². The Morgan fingerprint density at radius 2 is 2.33 bits per heavy atom. The Hall–Kier alpha value is -1.62. The van der Waals surface area contributed by atoms with Crippen LogP contribution in [-0.4, -0.2) is 25.6 Å². The van der Waals surface area contributed by atoms with Gasteiger partial charge in [0.1, 0.15) is 11.6 Å². The zero-order chi connectivity index (χ0) is 13.0. The Morgan fingerprint density at radius 1 is 1.56 bits per heavy atom. The lowest BCUT2D eigenvalue weighted by molar-refractivity contribution is -0.117. The molecule has 0 aromatic heterocycles. The first-order valence-corrected chi connectivity index (χ1v) is 6.12. The van der Waals surface area contributed by atoms with Crippen LogP contribution in [0.25, 0.3) is 0 Å². The van der Waals surface area contributed by atoms with Crippen LogP contribution in [0.4, 0.5) is 10.1 Å². The molecule has 1 amide bonds. The minimum absolute atomic E-state index is 0.0611. The van der Waals surface area contributed by atoms with Gasteiger partial charge in [0.25, 0.3) is 0 Å². The summed E-state index contributed by atoms with van der Waals surface area (Å²) in [4.78, 5) is 11.8. The van der Waals surface area contributed by atoms with Gasteiger partial charge in [0, 0.05) is 12.5 Å². The summed E-state index contributed by atoms with van der Waals surface area (Å²) in [5.74, 6) is 0.340. The number of halogens is 1.